The van der Waals surface area contributed by atoms with Crippen LogP contribution in [0.25, 0.3) is 0 Å². The maximum absolute atomic E-state index is 11.8. The zero-order valence-electron chi connectivity index (χ0n) is 10.4. The molecule has 17 heavy (non-hydrogen) atoms. The van der Waals surface area contributed by atoms with Crippen LogP contribution in [0.2, 0.25) is 0 Å². The van der Waals surface area contributed by atoms with Gasteiger partial charge in [0.05, 0.1) is 24.4 Å². The highest BCUT2D eigenvalue weighted by atomic mass is 16.5. The summed E-state index contributed by atoms with van der Waals surface area (Å²) < 4.78 is 4.86. The lowest BCUT2D eigenvalue weighted by Gasteiger charge is -2.28. The number of hydrogen-bond donors (Lipinski definition) is 1. The van der Waals surface area contributed by atoms with Crippen LogP contribution in [0.5, 0.6) is 0 Å². The molecule has 1 aromatic rings. The van der Waals surface area contributed by atoms with Crippen molar-refractivity contribution in [2.24, 2.45) is 5.92 Å². The van der Waals surface area contributed by atoms with Gasteiger partial charge in [0, 0.05) is 30.9 Å². The average molecular weight is 235 g/mol. The molecule has 1 aliphatic rings. The van der Waals surface area contributed by atoms with Gasteiger partial charge in [-0.05, 0) is 6.92 Å². The van der Waals surface area contributed by atoms with E-state index in [0.717, 1.165) is 11.4 Å². The Kier molecular flexibility index (Phi) is 3.11. The van der Waals surface area contributed by atoms with Crippen LogP contribution in [0.4, 0.5) is 0 Å². The minimum Gasteiger partial charge on any atom is -0.469 e. The predicted molar refractivity (Wildman–Crippen MR) is 62.5 cm³/mol. The first-order chi connectivity index (χ1) is 8.09. The van der Waals surface area contributed by atoms with Gasteiger partial charge >= 0.3 is 5.97 Å². The summed E-state index contributed by atoms with van der Waals surface area (Å²) in [6.45, 7) is 5.29. The molecule has 1 N–H and O–H groups in total. The number of aromatic nitrogens is 2. The molecule has 2 rings (SSSR count). The zero-order chi connectivity index (χ0) is 12.5. The summed E-state index contributed by atoms with van der Waals surface area (Å²) in [6.07, 6.45) is 3.33. The highest BCUT2D eigenvalue weighted by Crippen LogP contribution is 2.35. The van der Waals surface area contributed by atoms with Crippen molar-refractivity contribution in [2.45, 2.75) is 19.3 Å². The molecule has 0 amide bonds. The molecular weight excluding hydrogens is 218 g/mol. The Morgan fingerprint density at radius 2 is 2.24 bits per heavy atom. The van der Waals surface area contributed by atoms with Gasteiger partial charge in [-0.3, -0.25) is 14.8 Å². The highest BCUT2D eigenvalue weighted by molar-refractivity contribution is 5.75. The average Bonchev–Trinajstić information content (AvgIpc) is 2.72. The van der Waals surface area contributed by atoms with Crippen molar-refractivity contribution in [1.29, 1.82) is 0 Å². The highest BCUT2D eigenvalue weighted by Gasteiger charge is 2.47. The summed E-state index contributed by atoms with van der Waals surface area (Å²) in [5, 5.41) is 3.24. The molecule has 2 unspecified atom stereocenters. The number of carbonyl (C=O) groups is 1. The molecule has 1 saturated heterocycles. The third kappa shape index (κ3) is 1.91. The molecule has 0 radical (unpaired) electrons. The molecule has 0 spiro atoms. The fourth-order valence-electron chi connectivity index (χ4n) is 2.53. The molecule has 1 aliphatic heterocycles. The van der Waals surface area contributed by atoms with Gasteiger partial charge in [0.15, 0.2) is 0 Å². The third-order valence-corrected chi connectivity index (χ3v) is 3.52. The summed E-state index contributed by atoms with van der Waals surface area (Å²) in [5.74, 6) is -0.398. The van der Waals surface area contributed by atoms with Crippen molar-refractivity contribution in [3.05, 3.63) is 23.8 Å². The van der Waals surface area contributed by atoms with Gasteiger partial charge in [0.2, 0.25) is 0 Å². The zero-order valence-corrected chi connectivity index (χ0v) is 10.4. The van der Waals surface area contributed by atoms with E-state index >= 15 is 0 Å². The second kappa shape index (κ2) is 4.41. The molecule has 1 aromatic heterocycles. The first kappa shape index (κ1) is 12.0. The fraction of sp³-hybridized carbons (Fsp3) is 0.583. The van der Waals surface area contributed by atoms with E-state index in [1.165, 1.54) is 7.11 Å². The quantitative estimate of drug-likeness (QED) is 0.753. The second-order valence-corrected chi connectivity index (χ2v) is 4.61. The van der Waals surface area contributed by atoms with Crippen LogP contribution in [0.15, 0.2) is 12.4 Å². The van der Waals surface area contributed by atoms with Crippen LogP contribution in [0, 0.1) is 12.8 Å². The number of methoxy groups -OCH3 is 1. The molecule has 0 bridgehead atoms. The van der Waals surface area contributed by atoms with E-state index in [-0.39, 0.29) is 17.3 Å². The number of carbonyl (C=O) groups excluding carboxylic acids is 1. The first-order valence-electron chi connectivity index (χ1n) is 5.66. The number of aryl methyl sites for hydroxylation is 1. The van der Waals surface area contributed by atoms with E-state index in [2.05, 4.69) is 15.3 Å². The van der Waals surface area contributed by atoms with Crippen molar-refractivity contribution >= 4 is 5.97 Å². The molecule has 0 aliphatic carbocycles. The fourth-order valence-corrected chi connectivity index (χ4v) is 2.53. The minimum absolute atomic E-state index is 0.192. The van der Waals surface area contributed by atoms with E-state index in [1.54, 1.807) is 12.4 Å². The van der Waals surface area contributed by atoms with Gasteiger partial charge in [0.1, 0.15) is 0 Å². The molecule has 0 aromatic carbocycles. The van der Waals surface area contributed by atoms with Gasteiger partial charge in [-0.15, -0.1) is 0 Å². The van der Waals surface area contributed by atoms with Crippen LogP contribution in [-0.4, -0.2) is 36.1 Å². The minimum atomic E-state index is -0.342. The van der Waals surface area contributed by atoms with Gasteiger partial charge in [-0.25, -0.2) is 0 Å². The van der Waals surface area contributed by atoms with Crippen LogP contribution < -0.4 is 5.32 Å². The van der Waals surface area contributed by atoms with Gasteiger partial charge < -0.3 is 10.1 Å². The molecule has 5 heteroatoms. The van der Waals surface area contributed by atoms with Crippen molar-refractivity contribution in [3.8, 4) is 0 Å². The summed E-state index contributed by atoms with van der Waals surface area (Å²) in [5.41, 5.74) is 1.40. The summed E-state index contributed by atoms with van der Waals surface area (Å²) in [7, 11) is 1.42. The molecule has 1 fully saturated rings. The largest absolute Gasteiger partial charge is 0.469 e. The first-order valence-corrected chi connectivity index (χ1v) is 5.66. The normalized spacial score (nSPS) is 28.1. The van der Waals surface area contributed by atoms with E-state index in [4.69, 9.17) is 4.74 Å². The third-order valence-electron chi connectivity index (χ3n) is 3.52. The van der Waals surface area contributed by atoms with E-state index in [0.29, 0.717) is 13.1 Å². The lowest BCUT2D eigenvalue weighted by Crippen LogP contribution is -2.38. The number of hydrogen-bond acceptors (Lipinski definition) is 5. The maximum Gasteiger partial charge on any atom is 0.310 e. The van der Waals surface area contributed by atoms with Gasteiger partial charge in [0.25, 0.3) is 0 Å². The molecule has 0 saturated carbocycles. The van der Waals surface area contributed by atoms with Crippen molar-refractivity contribution in [3.63, 3.8) is 0 Å². The Bertz CT molecular complexity index is 436. The monoisotopic (exact) mass is 235 g/mol. The molecule has 2 heterocycles. The molecule has 5 nitrogen and oxygen atoms in total. The van der Waals surface area contributed by atoms with Crippen LogP contribution in [-0.2, 0) is 14.9 Å². The number of nitrogens with one attached hydrogen (secondary N) is 1. The van der Waals surface area contributed by atoms with Gasteiger partial charge in [-0.1, -0.05) is 6.92 Å². The SMILES string of the molecule is COC(=O)C1CNCC1(C)c1nccnc1C. The topological polar surface area (TPSA) is 64.1 Å². The Labute approximate surface area is 101 Å². The Balaban J connectivity index is 2.41. The van der Waals surface area contributed by atoms with Gasteiger partial charge in [-0.2, -0.15) is 0 Å². The van der Waals surface area contributed by atoms with Crippen molar-refractivity contribution < 1.29 is 9.53 Å². The maximum atomic E-state index is 11.8. The predicted octanol–water partition coefficient (Wildman–Crippen LogP) is 0.435. The Morgan fingerprint density at radius 1 is 1.53 bits per heavy atom. The Hall–Kier alpha value is -1.49. The standard InChI is InChI=1S/C12H17N3O2/c1-8-10(15-5-4-14-8)12(2)7-13-6-9(12)11(16)17-3/h4-5,9,13H,6-7H2,1-3H3. The van der Waals surface area contributed by atoms with Crippen LogP contribution in [0.1, 0.15) is 18.3 Å². The number of nitrogens with zero attached hydrogens (tertiary/aromatic N) is 2. The summed E-state index contributed by atoms with van der Waals surface area (Å²) >= 11 is 0. The summed E-state index contributed by atoms with van der Waals surface area (Å²) in [4.78, 5) is 20.4. The molecule has 2 atom stereocenters. The Morgan fingerprint density at radius 3 is 2.88 bits per heavy atom. The number of ether oxygens (including phenoxy) is 1. The van der Waals surface area contributed by atoms with Crippen molar-refractivity contribution in [2.75, 3.05) is 20.2 Å². The molecule has 92 valence electrons. The lowest BCUT2D eigenvalue weighted by molar-refractivity contribution is -0.146. The lowest BCUT2D eigenvalue weighted by atomic mass is 9.76. The van der Waals surface area contributed by atoms with E-state index < -0.39 is 0 Å². The van der Waals surface area contributed by atoms with Crippen LogP contribution in [0.3, 0.4) is 0 Å². The van der Waals surface area contributed by atoms with E-state index in [1.807, 2.05) is 13.8 Å². The van der Waals surface area contributed by atoms with Crippen LogP contribution >= 0.6 is 0 Å². The number of esters is 1. The van der Waals surface area contributed by atoms with Crippen molar-refractivity contribution in [1.82, 2.24) is 15.3 Å². The summed E-state index contributed by atoms with van der Waals surface area (Å²) in [6, 6.07) is 0. The number of rotatable bonds is 2. The smallest absolute Gasteiger partial charge is 0.310 e. The second-order valence-electron chi connectivity index (χ2n) is 4.61. The molecular formula is C12H17N3O2. The van der Waals surface area contributed by atoms with E-state index in [9.17, 15) is 4.79 Å².